The van der Waals surface area contributed by atoms with Gasteiger partial charge in [0.1, 0.15) is 11.5 Å². The first kappa shape index (κ1) is 20.5. The molecule has 29 heavy (non-hydrogen) atoms. The second-order valence-electron chi connectivity index (χ2n) is 7.21. The molecule has 1 heterocycles. The van der Waals surface area contributed by atoms with Gasteiger partial charge >= 0.3 is 0 Å². The Morgan fingerprint density at radius 3 is 2.41 bits per heavy atom. The van der Waals surface area contributed by atoms with Gasteiger partial charge in [0, 0.05) is 19.1 Å². The van der Waals surface area contributed by atoms with Gasteiger partial charge in [-0.1, -0.05) is 48.5 Å². The number of anilines is 1. The van der Waals surface area contributed by atoms with Crippen LogP contribution in [0, 0.1) is 5.82 Å². The van der Waals surface area contributed by atoms with E-state index in [0.717, 1.165) is 11.3 Å². The lowest BCUT2D eigenvalue weighted by atomic mass is 10.1. The summed E-state index contributed by atoms with van der Waals surface area (Å²) in [6.07, 6.45) is 2.22. The number of nitrogens with zero attached hydrogens (tertiary/aromatic N) is 2. The van der Waals surface area contributed by atoms with E-state index < -0.39 is 0 Å². The molecular weight excluding hydrogens is 365 g/mol. The molecule has 0 saturated carbocycles. The molecule has 3 rings (SSSR count). The standard InChI is InChI=1S/C24H26FN3O/c1-18(2)28(17-19-8-4-3-5-9-19)24(29)23-13-12-21(16-27-23)26-15-14-20-10-6-7-11-22(20)25/h3-13,16,18,26H,14-15,17H2,1-2H3. The average Bonchev–Trinajstić information content (AvgIpc) is 2.74. The lowest BCUT2D eigenvalue weighted by molar-refractivity contribution is 0.0684. The Labute approximate surface area is 171 Å². The first-order valence-electron chi connectivity index (χ1n) is 9.83. The molecule has 0 unspecified atom stereocenters. The van der Waals surface area contributed by atoms with Crippen LogP contribution in [0.25, 0.3) is 0 Å². The number of rotatable bonds is 8. The number of aromatic nitrogens is 1. The second kappa shape index (κ2) is 9.82. The molecular formula is C24H26FN3O. The Bertz CT molecular complexity index is 926. The van der Waals surface area contributed by atoms with Crippen LogP contribution in [0.3, 0.4) is 0 Å². The van der Waals surface area contributed by atoms with Gasteiger partial charge in [-0.15, -0.1) is 0 Å². The van der Waals surface area contributed by atoms with Crippen LogP contribution in [0.5, 0.6) is 0 Å². The van der Waals surface area contributed by atoms with Crippen molar-refractivity contribution in [3.63, 3.8) is 0 Å². The molecule has 0 aliphatic rings. The number of hydrogen-bond acceptors (Lipinski definition) is 3. The molecule has 0 radical (unpaired) electrons. The summed E-state index contributed by atoms with van der Waals surface area (Å²) in [6.45, 7) is 5.13. The van der Waals surface area contributed by atoms with Crippen molar-refractivity contribution < 1.29 is 9.18 Å². The van der Waals surface area contributed by atoms with Crippen molar-refractivity contribution in [2.45, 2.75) is 32.9 Å². The van der Waals surface area contributed by atoms with Gasteiger partial charge in [-0.05, 0) is 49.6 Å². The van der Waals surface area contributed by atoms with Gasteiger partial charge in [0.15, 0.2) is 0 Å². The van der Waals surface area contributed by atoms with Crippen LogP contribution in [0.4, 0.5) is 10.1 Å². The normalized spacial score (nSPS) is 10.8. The van der Waals surface area contributed by atoms with Crippen molar-refractivity contribution in [2.24, 2.45) is 0 Å². The zero-order chi connectivity index (χ0) is 20.6. The molecule has 4 nitrogen and oxygen atoms in total. The molecule has 2 aromatic carbocycles. The predicted molar refractivity (Wildman–Crippen MR) is 114 cm³/mol. The highest BCUT2D eigenvalue weighted by Gasteiger charge is 2.20. The van der Waals surface area contributed by atoms with E-state index in [-0.39, 0.29) is 17.8 Å². The molecule has 0 bridgehead atoms. The molecule has 0 aliphatic heterocycles. The highest BCUT2D eigenvalue weighted by atomic mass is 19.1. The van der Waals surface area contributed by atoms with Crippen LogP contribution in [0.15, 0.2) is 72.9 Å². The van der Waals surface area contributed by atoms with Gasteiger partial charge in [-0.25, -0.2) is 9.37 Å². The summed E-state index contributed by atoms with van der Waals surface area (Å²) in [5, 5.41) is 3.22. The van der Waals surface area contributed by atoms with Crippen LogP contribution in [0.2, 0.25) is 0 Å². The SMILES string of the molecule is CC(C)N(Cc1ccccc1)C(=O)c1ccc(NCCc2ccccc2F)cn1. The van der Waals surface area contributed by atoms with Crippen LogP contribution >= 0.6 is 0 Å². The summed E-state index contributed by atoms with van der Waals surface area (Å²) in [6, 6.07) is 20.3. The Morgan fingerprint density at radius 1 is 1.03 bits per heavy atom. The van der Waals surface area contributed by atoms with E-state index in [1.54, 1.807) is 24.4 Å². The van der Waals surface area contributed by atoms with E-state index in [4.69, 9.17) is 0 Å². The lowest BCUT2D eigenvalue weighted by Crippen LogP contribution is -2.36. The van der Waals surface area contributed by atoms with Crippen LogP contribution in [-0.2, 0) is 13.0 Å². The van der Waals surface area contributed by atoms with Gasteiger partial charge in [-0.3, -0.25) is 4.79 Å². The largest absolute Gasteiger partial charge is 0.383 e. The maximum absolute atomic E-state index is 13.7. The first-order chi connectivity index (χ1) is 14.0. The predicted octanol–water partition coefficient (Wildman–Crippen LogP) is 4.93. The summed E-state index contributed by atoms with van der Waals surface area (Å²) < 4.78 is 13.7. The fourth-order valence-electron chi connectivity index (χ4n) is 3.08. The molecule has 1 aromatic heterocycles. The smallest absolute Gasteiger partial charge is 0.272 e. The van der Waals surface area contributed by atoms with Crippen LogP contribution in [0.1, 0.15) is 35.5 Å². The van der Waals surface area contributed by atoms with E-state index >= 15 is 0 Å². The topological polar surface area (TPSA) is 45.2 Å². The van der Waals surface area contributed by atoms with Gasteiger partial charge in [0.25, 0.3) is 5.91 Å². The van der Waals surface area contributed by atoms with E-state index in [0.29, 0.717) is 30.8 Å². The minimum Gasteiger partial charge on any atom is -0.383 e. The fourth-order valence-corrected chi connectivity index (χ4v) is 3.08. The zero-order valence-corrected chi connectivity index (χ0v) is 16.8. The average molecular weight is 391 g/mol. The van der Waals surface area contributed by atoms with Crippen molar-refractivity contribution in [2.75, 3.05) is 11.9 Å². The van der Waals surface area contributed by atoms with Crippen molar-refractivity contribution in [3.05, 3.63) is 95.6 Å². The van der Waals surface area contributed by atoms with Gasteiger partial charge in [-0.2, -0.15) is 0 Å². The van der Waals surface area contributed by atoms with Gasteiger partial charge in [0.05, 0.1) is 11.9 Å². The number of benzene rings is 2. The first-order valence-corrected chi connectivity index (χ1v) is 9.83. The summed E-state index contributed by atoms with van der Waals surface area (Å²) in [4.78, 5) is 19.1. The van der Waals surface area contributed by atoms with E-state index in [9.17, 15) is 9.18 Å². The minimum atomic E-state index is -0.194. The maximum atomic E-state index is 13.7. The van der Waals surface area contributed by atoms with Crippen LogP contribution < -0.4 is 5.32 Å². The number of hydrogen-bond donors (Lipinski definition) is 1. The molecule has 1 amide bonds. The zero-order valence-electron chi connectivity index (χ0n) is 16.8. The lowest BCUT2D eigenvalue weighted by Gasteiger charge is -2.26. The van der Waals surface area contributed by atoms with E-state index in [2.05, 4.69) is 10.3 Å². The van der Waals surface area contributed by atoms with Crippen molar-refractivity contribution >= 4 is 11.6 Å². The molecule has 1 N–H and O–H groups in total. The molecule has 0 atom stereocenters. The highest BCUT2D eigenvalue weighted by Crippen LogP contribution is 2.14. The molecule has 150 valence electrons. The summed E-state index contributed by atoms with van der Waals surface area (Å²) in [7, 11) is 0. The molecule has 0 aliphatic carbocycles. The van der Waals surface area contributed by atoms with Crippen molar-refractivity contribution in [3.8, 4) is 0 Å². The monoisotopic (exact) mass is 391 g/mol. The summed E-state index contributed by atoms with van der Waals surface area (Å²) in [5.74, 6) is -0.290. The fraction of sp³-hybridized carbons (Fsp3) is 0.250. The number of carbonyl (C=O) groups is 1. The summed E-state index contributed by atoms with van der Waals surface area (Å²) >= 11 is 0. The Hall–Kier alpha value is -3.21. The Balaban J connectivity index is 1.60. The van der Waals surface area contributed by atoms with E-state index in [1.807, 2.05) is 61.2 Å². The van der Waals surface area contributed by atoms with Gasteiger partial charge in [0.2, 0.25) is 0 Å². The number of halogens is 1. The van der Waals surface area contributed by atoms with Crippen molar-refractivity contribution in [1.82, 2.24) is 9.88 Å². The van der Waals surface area contributed by atoms with Crippen LogP contribution in [-0.4, -0.2) is 28.4 Å². The second-order valence-corrected chi connectivity index (χ2v) is 7.21. The number of carbonyl (C=O) groups excluding carboxylic acids is 1. The Morgan fingerprint density at radius 2 is 1.76 bits per heavy atom. The maximum Gasteiger partial charge on any atom is 0.272 e. The number of nitrogens with one attached hydrogen (secondary N) is 1. The number of amides is 1. The third-order valence-electron chi connectivity index (χ3n) is 4.74. The molecule has 3 aromatic rings. The van der Waals surface area contributed by atoms with Crippen molar-refractivity contribution in [1.29, 1.82) is 0 Å². The third-order valence-corrected chi connectivity index (χ3v) is 4.74. The molecule has 0 saturated heterocycles. The highest BCUT2D eigenvalue weighted by molar-refractivity contribution is 5.92. The van der Waals surface area contributed by atoms with E-state index in [1.165, 1.54) is 6.07 Å². The van der Waals surface area contributed by atoms with Gasteiger partial charge < -0.3 is 10.2 Å². The number of pyridine rings is 1. The summed E-state index contributed by atoms with van der Waals surface area (Å²) in [5.41, 5.74) is 2.97. The molecule has 5 heteroatoms. The molecule has 0 fully saturated rings. The molecule has 0 spiro atoms. The minimum absolute atomic E-state index is 0.0584. The quantitative estimate of drug-likeness (QED) is 0.592. The third kappa shape index (κ3) is 5.64. The Kier molecular flexibility index (Phi) is 6.95.